The van der Waals surface area contributed by atoms with E-state index in [1.807, 2.05) is 0 Å². The first kappa shape index (κ1) is 8.62. The Kier molecular flexibility index (Phi) is 2.10. The molecule has 2 rings (SSSR count). The lowest BCUT2D eigenvalue weighted by molar-refractivity contribution is 0.469. The van der Waals surface area contributed by atoms with Gasteiger partial charge in [-0.05, 0) is 12.1 Å². The largest absolute Gasteiger partial charge is 0.508 e. The summed E-state index contributed by atoms with van der Waals surface area (Å²) in [6, 6.07) is 3.77. The molecule has 0 aliphatic heterocycles. The zero-order chi connectivity index (χ0) is 9.97. The summed E-state index contributed by atoms with van der Waals surface area (Å²) < 4.78 is 12.9. The van der Waals surface area contributed by atoms with Crippen LogP contribution in [0.15, 0.2) is 36.8 Å². The van der Waals surface area contributed by atoms with E-state index in [0.29, 0.717) is 11.3 Å². The number of halogens is 1. The van der Waals surface area contributed by atoms with E-state index in [1.54, 1.807) is 0 Å². The SMILES string of the molecule is Oc1cc(F)cc(-c2cnccn2)c1. The topological polar surface area (TPSA) is 46.0 Å². The van der Waals surface area contributed by atoms with Gasteiger partial charge in [0.2, 0.25) is 0 Å². The summed E-state index contributed by atoms with van der Waals surface area (Å²) in [7, 11) is 0. The number of aromatic nitrogens is 2. The van der Waals surface area contributed by atoms with Crippen molar-refractivity contribution in [3.05, 3.63) is 42.6 Å². The van der Waals surface area contributed by atoms with Crippen molar-refractivity contribution in [3.63, 3.8) is 0 Å². The van der Waals surface area contributed by atoms with Crippen molar-refractivity contribution in [2.24, 2.45) is 0 Å². The van der Waals surface area contributed by atoms with E-state index < -0.39 is 5.82 Å². The highest BCUT2D eigenvalue weighted by atomic mass is 19.1. The Labute approximate surface area is 79.9 Å². The van der Waals surface area contributed by atoms with Crippen LogP contribution in [-0.2, 0) is 0 Å². The fourth-order valence-electron chi connectivity index (χ4n) is 1.17. The van der Waals surface area contributed by atoms with Crippen molar-refractivity contribution < 1.29 is 9.50 Å². The van der Waals surface area contributed by atoms with Crippen LogP contribution in [0.4, 0.5) is 4.39 Å². The lowest BCUT2D eigenvalue weighted by Crippen LogP contribution is -1.85. The molecule has 0 saturated heterocycles. The molecule has 0 fully saturated rings. The van der Waals surface area contributed by atoms with E-state index in [1.165, 1.54) is 30.7 Å². The van der Waals surface area contributed by atoms with Crippen molar-refractivity contribution in [2.45, 2.75) is 0 Å². The molecule has 0 unspecified atom stereocenters. The predicted molar refractivity (Wildman–Crippen MR) is 49.1 cm³/mol. The third kappa shape index (κ3) is 1.69. The normalized spacial score (nSPS) is 10.1. The molecule has 4 heteroatoms. The van der Waals surface area contributed by atoms with Crippen LogP contribution in [-0.4, -0.2) is 15.1 Å². The third-order valence-corrected chi connectivity index (χ3v) is 1.74. The van der Waals surface area contributed by atoms with Crippen LogP contribution in [0.2, 0.25) is 0 Å². The molecule has 0 atom stereocenters. The predicted octanol–water partition coefficient (Wildman–Crippen LogP) is 1.99. The number of nitrogens with zero attached hydrogens (tertiary/aromatic N) is 2. The van der Waals surface area contributed by atoms with E-state index in [0.717, 1.165) is 6.07 Å². The Morgan fingerprint density at radius 2 is 2.00 bits per heavy atom. The molecule has 14 heavy (non-hydrogen) atoms. The van der Waals surface area contributed by atoms with Crippen LogP contribution in [0.5, 0.6) is 5.75 Å². The van der Waals surface area contributed by atoms with Crippen LogP contribution in [0.1, 0.15) is 0 Å². The van der Waals surface area contributed by atoms with Gasteiger partial charge < -0.3 is 5.11 Å². The van der Waals surface area contributed by atoms with Gasteiger partial charge in [-0.3, -0.25) is 9.97 Å². The van der Waals surface area contributed by atoms with Crippen molar-refractivity contribution >= 4 is 0 Å². The first-order valence-electron chi connectivity index (χ1n) is 4.01. The van der Waals surface area contributed by atoms with Gasteiger partial charge in [0.15, 0.2) is 0 Å². The molecular weight excluding hydrogens is 183 g/mol. The van der Waals surface area contributed by atoms with E-state index in [-0.39, 0.29) is 5.75 Å². The highest BCUT2D eigenvalue weighted by Gasteiger charge is 2.02. The van der Waals surface area contributed by atoms with E-state index in [2.05, 4.69) is 9.97 Å². The van der Waals surface area contributed by atoms with Crippen LogP contribution in [0.25, 0.3) is 11.3 Å². The van der Waals surface area contributed by atoms with E-state index in [4.69, 9.17) is 5.11 Å². The molecule has 2 aromatic rings. The van der Waals surface area contributed by atoms with Gasteiger partial charge in [0.05, 0.1) is 11.9 Å². The number of rotatable bonds is 1. The van der Waals surface area contributed by atoms with Crippen molar-refractivity contribution in [1.29, 1.82) is 0 Å². The maximum Gasteiger partial charge on any atom is 0.127 e. The number of hydrogen-bond donors (Lipinski definition) is 1. The second-order valence-electron chi connectivity index (χ2n) is 2.79. The van der Waals surface area contributed by atoms with Gasteiger partial charge in [-0.15, -0.1) is 0 Å². The van der Waals surface area contributed by atoms with Gasteiger partial charge >= 0.3 is 0 Å². The second kappa shape index (κ2) is 3.41. The summed E-state index contributed by atoms with van der Waals surface area (Å²) in [5, 5.41) is 9.17. The molecule has 0 radical (unpaired) electrons. The zero-order valence-corrected chi connectivity index (χ0v) is 7.18. The highest BCUT2D eigenvalue weighted by molar-refractivity contribution is 5.59. The van der Waals surface area contributed by atoms with E-state index in [9.17, 15) is 4.39 Å². The van der Waals surface area contributed by atoms with Crippen molar-refractivity contribution in [1.82, 2.24) is 9.97 Å². The van der Waals surface area contributed by atoms with Crippen LogP contribution in [0.3, 0.4) is 0 Å². The molecule has 0 saturated carbocycles. The van der Waals surface area contributed by atoms with Gasteiger partial charge in [0.25, 0.3) is 0 Å². The Hall–Kier alpha value is -1.97. The molecule has 0 aliphatic carbocycles. The molecule has 1 heterocycles. The number of benzene rings is 1. The molecule has 1 aromatic heterocycles. The average Bonchev–Trinajstić information content (AvgIpc) is 2.18. The van der Waals surface area contributed by atoms with Gasteiger partial charge in [0, 0.05) is 24.0 Å². The minimum absolute atomic E-state index is 0.120. The number of hydrogen-bond acceptors (Lipinski definition) is 3. The van der Waals surface area contributed by atoms with Crippen LogP contribution < -0.4 is 0 Å². The average molecular weight is 190 g/mol. The Morgan fingerprint density at radius 3 is 2.64 bits per heavy atom. The molecule has 0 spiro atoms. The first-order chi connectivity index (χ1) is 6.75. The molecule has 1 N–H and O–H groups in total. The maximum absolute atomic E-state index is 12.9. The Morgan fingerprint density at radius 1 is 1.14 bits per heavy atom. The number of phenols is 1. The van der Waals surface area contributed by atoms with Crippen LogP contribution >= 0.6 is 0 Å². The van der Waals surface area contributed by atoms with Gasteiger partial charge in [-0.2, -0.15) is 0 Å². The molecule has 0 amide bonds. The molecular formula is C10H7FN2O. The van der Waals surface area contributed by atoms with Crippen molar-refractivity contribution in [2.75, 3.05) is 0 Å². The summed E-state index contributed by atoms with van der Waals surface area (Å²) in [5.74, 6) is -0.615. The van der Waals surface area contributed by atoms with Crippen molar-refractivity contribution in [3.8, 4) is 17.0 Å². The summed E-state index contributed by atoms with van der Waals surface area (Å²) >= 11 is 0. The van der Waals surface area contributed by atoms with Crippen LogP contribution in [0, 0.1) is 5.82 Å². The quantitative estimate of drug-likeness (QED) is 0.747. The lowest BCUT2D eigenvalue weighted by atomic mass is 10.1. The standard InChI is InChI=1S/C10H7FN2O/c11-8-3-7(4-9(14)5-8)10-6-12-1-2-13-10/h1-6,14H. The molecule has 0 bridgehead atoms. The fraction of sp³-hybridized carbons (Fsp3) is 0. The maximum atomic E-state index is 12.9. The van der Waals surface area contributed by atoms with Gasteiger partial charge in [-0.1, -0.05) is 0 Å². The van der Waals surface area contributed by atoms with Gasteiger partial charge in [0.1, 0.15) is 11.6 Å². The monoisotopic (exact) mass is 190 g/mol. The van der Waals surface area contributed by atoms with Gasteiger partial charge in [-0.25, -0.2) is 4.39 Å². The Bertz CT molecular complexity index is 425. The summed E-state index contributed by atoms with van der Waals surface area (Å²) in [5.41, 5.74) is 1.04. The number of phenolic OH excluding ortho intramolecular Hbond substituents is 1. The highest BCUT2D eigenvalue weighted by Crippen LogP contribution is 2.22. The minimum Gasteiger partial charge on any atom is -0.508 e. The fourth-order valence-corrected chi connectivity index (χ4v) is 1.17. The Balaban J connectivity index is 2.52. The molecule has 0 aliphatic rings. The number of aromatic hydroxyl groups is 1. The third-order valence-electron chi connectivity index (χ3n) is 1.74. The zero-order valence-electron chi connectivity index (χ0n) is 7.18. The molecule has 1 aromatic carbocycles. The summed E-state index contributed by atoms with van der Waals surface area (Å²) in [6.07, 6.45) is 4.55. The van der Waals surface area contributed by atoms with E-state index >= 15 is 0 Å². The second-order valence-corrected chi connectivity index (χ2v) is 2.79. The smallest absolute Gasteiger partial charge is 0.127 e. The first-order valence-corrected chi connectivity index (χ1v) is 4.01. The lowest BCUT2D eigenvalue weighted by Gasteiger charge is -2.00. The summed E-state index contributed by atoms with van der Waals surface area (Å²) in [4.78, 5) is 7.84. The summed E-state index contributed by atoms with van der Waals surface area (Å²) in [6.45, 7) is 0. The minimum atomic E-state index is -0.495. The molecule has 3 nitrogen and oxygen atoms in total. The molecule has 70 valence electrons.